The van der Waals surface area contributed by atoms with Crippen molar-refractivity contribution in [2.24, 2.45) is 17.6 Å². The number of rotatable bonds is 4. The van der Waals surface area contributed by atoms with Crippen molar-refractivity contribution in [1.82, 2.24) is 0 Å². The SMILES string of the molecule is COC(=O)CC(CN)C1CCCSC1. The third kappa shape index (κ3) is 3.50. The van der Waals surface area contributed by atoms with Crippen LogP contribution in [0.4, 0.5) is 0 Å². The number of carbonyl (C=O) groups excluding carboxylic acids is 1. The van der Waals surface area contributed by atoms with Gasteiger partial charge in [-0.15, -0.1) is 0 Å². The van der Waals surface area contributed by atoms with Gasteiger partial charge >= 0.3 is 5.97 Å². The van der Waals surface area contributed by atoms with Gasteiger partial charge in [0, 0.05) is 6.42 Å². The summed E-state index contributed by atoms with van der Waals surface area (Å²) in [4.78, 5) is 11.1. The molecule has 0 radical (unpaired) electrons. The van der Waals surface area contributed by atoms with Gasteiger partial charge in [-0.25, -0.2) is 0 Å². The van der Waals surface area contributed by atoms with Crippen molar-refractivity contribution in [2.75, 3.05) is 25.2 Å². The zero-order chi connectivity index (χ0) is 10.4. The lowest BCUT2D eigenvalue weighted by Gasteiger charge is -2.28. The van der Waals surface area contributed by atoms with Gasteiger partial charge in [0.15, 0.2) is 0 Å². The van der Waals surface area contributed by atoms with E-state index in [1.54, 1.807) is 0 Å². The smallest absolute Gasteiger partial charge is 0.305 e. The van der Waals surface area contributed by atoms with Crippen LogP contribution in [0, 0.1) is 11.8 Å². The molecule has 1 rings (SSSR count). The van der Waals surface area contributed by atoms with Crippen LogP contribution in [-0.2, 0) is 9.53 Å². The zero-order valence-corrected chi connectivity index (χ0v) is 9.52. The first kappa shape index (κ1) is 11.9. The molecule has 0 saturated carbocycles. The van der Waals surface area contributed by atoms with E-state index in [4.69, 9.17) is 5.73 Å². The van der Waals surface area contributed by atoms with Crippen LogP contribution in [-0.4, -0.2) is 31.1 Å². The number of carbonyl (C=O) groups is 1. The lowest BCUT2D eigenvalue weighted by atomic mass is 9.87. The molecule has 0 amide bonds. The first-order valence-corrected chi connectivity index (χ1v) is 6.28. The molecule has 4 heteroatoms. The summed E-state index contributed by atoms with van der Waals surface area (Å²) in [5.41, 5.74) is 5.69. The van der Waals surface area contributed by atoms with E-state index in [1.807, 2.05) is 11.8 Å². The van der Waals surface area contributed by atoms with Gasteiger partial charge < -0.3 is 10.5 Å². The van der Waals surface area contributed by atoms with Crippen LogP contribution in [0.5, 0.6) is 0 Å². The fourth-order valence-corrected chi connectivity index (χ4v) is 3.16. The maximum atomic E-state index is 11.1. The van der Waals surface area contributed by atoms with Crippen LogP contribution in [0.3, 0.4) is 0 Å². The highest BCUT2D eigenvalue weighted by atomic mass is 32.2. The summed E-state index contributed by atoms with van der Waals surface area (Å²) in [5.74, 6) is 3.20. The van der Waals surface area contributed by atoms with Crippen molar-refractivity contribution in [3.8, 4) is 0 Å². The van der Waals surface area contributed by atoms with Gasteiger partial charge in [0.05, 0.1) is 7.11 Å². The predicted octanol–water partition coefficient (Wildman–Crippen LogP) is 1.27. The molecule has 0 spiro atoms. The van der Waals surface area contributed by atoms with Crippen LogP contribution >= 0.6 is 11.8 Å². The van der Waals surface area contributed by atoms with Crippen molar-refractivity contribution in [2.45, 2.75) is 19.3 Å². The first-order valence-electron chi connectivity index (χ1n) is 5.12. The van der Waals surface area contributed by atoms with E-state index in [0.29, 0.717) is 24.8 Å². The van der Waals surface area contributed by atoms with Crippen LogP contribution in [0.15, 0.2) is 0 Å². The highest BCUT2D eigenvalue weighted by Crippen LogP contribution is 2.30. The Morgan fingerprint density at radius 1 is 1.71 bits per heavy atom. The second-order valence-electron chi connectivity index (χ2n) is 3.75. The van der Waals surface area contributed by atoms with Gasteiger partial charge in [0.1, 0.15) is 0 Å². The minimum Gasteiger partial charge on any atom is -0.469 e. The predicted molar refractivity (Wildman–Crippen MR) is 59.2 cm³/mol. The van der Waals surface area contributed by atoms with Crippen LogP contribution < -0.4 is 5.73 Å². The maximum Gasteiger partial charge on any atom is 0.305 e. The van der Waals surface area contributed by atoms with Gasteiger partial charge in [-0.1, -0.05) is 0 Å². The van der Waals surface area contributed by atoms with Gasteiger partial charge in [0.25, 0.3) is 0 Å². The first-order chi connectivity index (χ1) is 6.77. The monoisotopic (exact) mass is 217 g/mol. The van der Waals surface area contributed by atoms with E-state index < -0.39 is 0 Å². The summed E-state index contributed by atoms with van der Waals surface area (Å²) in [6, 6.07) is 0. The van der Waals surface area contributed by atoms with E-state index in [9.17, 15) is 4.79 Å². The van der Waals surface area contributed by atoms with E-state index in [1.165, 1.54) is 25.7 Å². The van der Waals surface area contributed by atoms with Crippen molar-refractivity contribution < 1.29 is 9.53 Å². The van der Waals surface area contributed by atoms with Crippen LogP contribution in [0.25, 0.3) is 0 Å². The lowest BCUT2D eigenvalue weighted by molar-refractivity contribution is -0.142. The quantitative estimate of drug-likeness (QED) is 0.720. The number of thioether (sulfide) groups is 1. The Kier molecular flexibility index (Phi) is 5.33. The lowest BCUT2D eigenvalue weighted by Crippen LogP contribution is -2.29. The Hall–Kier alpha value is -0.220. The molecule has 0 bridgehead atoms. The van der Waals surface area contributed by atoms with Crippen molar-refractivity contribution in [1.29, 1.82) is 0 Å². The Bertz CT molecular complexity index is 181. The summed E-state index contributed by atoms with van der Waals surface area (Å²) >= 11 is 1.97. The highest BCUT2D eigenvalue weighted by molar-refractivity contribution is 7.99. The maximum absolute atomic E-state index is 11.1. The Balaban J connectivity index is 2.39. The van der Waals surface area contributed by atoms with E-state index in [0.717, 1.165) is 5.75 Å². The molecule has 0 aromatic rings. The van der Waals surface area contributed by atoms with Gasteiger partial charge in [-0.2, -0.15) is 11.8 Å². The van der Waals surface area contributed by atoms with Crippen molar-refractivity contribution >= 4 is 17.7 Å². The van der Waals surface area contributed by atoms with Gasteiger partial charge in [-0.05, 0) is 42.7 Å². The van der Waals surface area contributed by atoms with Crippen molar-refractivity contribution in [3.05, 3.63) is 0 Å². The second kappa shape index (κ2) is 6.30. The second-order valence-corrected chi connectivity index (χ2v) is 4.90. The molecule has 14 heavy (non-hydrogen) atoms. The topological polar surface area (TPSA) is 52.3 Å². The molecule has 1 aliphatic rings. The number of esters is 1. The molecule has 0 aromatic heterocycles. The molecule has 1 fully saturated rings. The molecule has 1 aliphatic heterocycles. The van der Waals surface area contributed by atoms with Crippen LogP contribution in [0.2, 0.25) is 0 Å². The Morgan fingerprint density at radius 3 is 3.00 bits per heavy atom. The molecule has 0 aliphatic carbocycles. The molecule has 2 atom stereocenters. The molecule has 2 unspecified atom stereocenters. The molecule has 0 aromatic carbocycles. The summed E-state index contributed by atoms with van der Waals surface area (Å²) < 4.78 is 4.67. The number of hydrogen-bond donors (Lipinski definition) is 1. The summed E-state index contributed by atoms with van der Waals surface area (Å²) in [7, 11) is 1.44. The third-order valence-corrected chi connectivity index (χ3v) is 4.06. The Labute approximate surface area is 89.8 Å². The molecule has 82 valence electrons. The molecular weight excluding hydrogens is 198 g/mol. The summed E-state index contributed by atoms with van der Waals surface area (Å²) in [5, 5.41) is 0. The molecular formula is C10H19NO2S. The number of hydrogen-bond acceptors (Lipinski definition) is 4. The zero-order valence-electron chi connectivity index (χ0n) is 8.70. The highest BCUT2D eigenvalue weighted by Gasteiger charge is 2.25. The molecule has 1 saturated heterocycles. The van der Waals surface area contributed by atoms with Crippen molar-refractivity contribution in [3.63, 3.8) is 0 Å². The number of nitrogens with two attached hydrogens (primary N) is 1. The average Bonchev–Trinajstić information content (AvgIpc) is 2.26. The average molecular weight is 217 g/mol. The Morgan fingerprint density at radius 2 is 2.50 bits per heavy atom. The molecule has 2 N–H and O–H groups in total. The van der Waals surface area contributed by atoms with Gasteiger partial charge in [0.2, 0.25) is 0 Å². The molecule has 3 nitrogen and oxygen atoms in total. The summed E-state index contributed by atoms with van der Waals surface area (Å²) in [6.07, 6.45) is 2.96. The molecule has 1 heterocycles. The number of ether oxygens (including phenoxy) is 1. The minimum absolute atomic E-state index is 0.129. The van der Waals surface area contributed by atoms with E-state index in [-0.39, 0.29) is 5.97 Å². The minimum atomic E-state index is -0.129. The fourth-order valence-electron chi connectivity index (χ4n) is 1.88. The van der Waals surface area contributed by atoms with Gasteiger partial charge in [-0.3, -0.25) is 4.79 Å². The third-order valence-electron chi connectivity index (χ3n) is 2.82. The standard InChI is InChI=1S/C10H19NO2S/c1-13-10(12)5-9(6-11)8-3-2-4-14-7-8/h8-9H,2-7,11H2,1H3. The van der Waals surface area contributed by atoms with Crippen LogP contribution in [0.1, 0.15) is 19.3 Å². The fraction of sp³-hybridized carbons (Fsp3) is 0.900. The summed E-state index contributed by atoms with van der Waals surface area (Å²) in [6.45, 7) is 0.598. The van der Waals surface area contributed by atoms with E-state index >= 15 is 0 Å². The normalized spacial score (nSPS) is 24.3. The largest absolute Gasteiger partial charge is 0.469 e. The van der Waals surface area contributed by atoms with E-state index in [2.05, 4.69) is 4.74 Å². The number of methoxy groups -OCH3 is 1.